The number of amides is 1. The normalized spacial score (nSPS) is 13.3. The molecule has 0 saturated heterocycles. The number of fused-ring (bicyclic) bond motifs is 2. The Labute approximate surface area is 163 Å². The van der Waals surface area contributed by atoms with E-state index in [0.29, 0.717) is 30.2 Å². The third-order valence-electron chi connectivity index (χ3n) is 5.29. The van der Waals surface area contributed by atoms with E-state index in [9.17, 15) is 9.59 Å². The average molecular weight is 378 g/mol. The fourth-order valence-electron chi connectivity index (χ4n) is 3.84. The number of rotatable bonds is 3. The summed E-state index contributed by atoms with van der Waals surface area (Å²) in [6.45, 7) is 2.60. The van der Waals surface area contributed by atoms with Crippen molar-refractivity contribution in [2.24, 2.45) is 0 Å². The van der Waals surface area contributed by atoms with Crippen LogP contribution in [0.15, 0.2) is 42.6 Å². The number of carbonyl (C=O) groups is 2. The summed E-state index contributed by atoms with van der Waals surface area (Å²) in [7, 11) is 3.22. The van der Waals surface area contributed by atoms with Crippen LogP contribution in [0.2, 0.25) is 0 Å². The molecule has 1 aliphatic heterocycles. The zero-order chi connectivity index (χ0) is 19.8. The van der Waals surface area contributed by atoms with E-state index in [1.165, 1.54) is 11.5 Å². The SMILES string of the molecule is COc1cc2c(cc1OC)CN(C(=O)c1cn(C(C)=O)c3ccccc13)CC2. The van der Waals surface area contributed by atoms with Gasteiger partial charge in [0, 0.05) is 31.6 Å². The molecule has 0 N–H and O–H groups in total. The largest absolute Gasteiger partial charge is 0.493 e. The Balaban J connectivity index is 1.69. The third kappa shape index (κ3) is 2.91. The summed E-state index contributed by atoms with van der Waals surface area (Å²) in [5.74, 6) is 1.17. The summed E-state index contributed by atoms with van der Waals surface area (Å²) in [5, 5.41) is 0.792. The number of carbonyl (C=O) groups excluding carboxylic acids is 2. The van der Waals surface area contributed by atoms with E-state index >= 15 is 0 Å². The molecule has 28 heavy (non-hydrogen) atoms. The molecule has 6 nitrogen and oxygen atoms in total. The number of benzene rings is 2. The number of para-hydroxylation sites is 1. The van der Waals surface area contributed by atoms with Crippen LogP contribution in [0.1, 0.15) is 33.2 Å². The van der Waals surface area contributed by atoms with Gasteiger partial charge in [-0.2, -0.15) is 0 Å². The van der Waals surface area contributed by atoms with Gasteiger partial charge < -0.3 is 14.4 Å². The topological polar surface area (TPSA) is 60.8 Å². The Hall–Kier alpha value is -3.28. The maximum atomic E-state index is 13.3. The Morgan fingerprint density at radius 1 is 1.00 bits per heavy atom. The highest BCUT2D eigenvalue weighted by Crippen LogP contribution is 2.34. The zero-order valence-electron chi connectivity index (χ0n) is 16.2. The van der Waals surface area contributed by atoms with Crippen LogP contribution < -0.4 is 9.47 Å². The van der Waals surface area contributed by atoms with Crippen molar-refractivity contribution in [1.29, 1.82) is 0 Å². The second-order valence-electron chi connectivity index (χ2n) is 6.90. The summed E-state index contributed by atoms with van der Waals surface area (Å²) < 4.78 is 12.3. The molecule has 2 heterocycles. The molecular formula is C22H22N2O4. The Morgan fingerprint density at radius 3 is 2.36 bits per heavy atom. The van der Waals surface area contributed by atoms with Gasteiger partial charge in [-0.15, -0.1) is 0 Å². The van der Waals surface area contributed by atoms with Gasteiger partial charge in [-0.25, -0.2) is 0 Å². The van der Waals surface area contributed by atoms with Crippen LogP contribution in [-0.4, -0.2) is 42.0 Å². The molecule has 144 valence electrons. The zero-order valence-corrected chi connectivity index (χ0v) is 16.2. The first-order valence-corrected chi connectivity index (χ1v) is 9.17. The van der Waals surface area contributed by atoms with Gasteiger partial charge in [0.2, 0.25) is 5.91 Å². The molecule has 0 unspecified atom stereocenters. The third-order valence-corrected chi connectivity index (χ3v) is 5.29. The molecule has 1 amide bonds. The summed E-state index contributed by atoms with van der Waals surface area (Å²) >= 11 is 0. The van der Waals surface area contributed by atoms with Crippen LogP contribution in [0, 0.1) is 0 Å². The second kappa shape index (κ2) is 7.03. The molecule has 6 heteroatoms. The minimum atomic E-state index is -0.115. The van der Waals surface area contributed by atoms with E-state index in [-0.39, 0.29) is 11.8 Å². The molecule has 0 atom stereocenters. The highest BCUT2D eigenvalue weighted by atomic mass is 16.5. The minimum absolute atomic E-state index is 0.0726. The van der Waals surface area contributed by atoms with E-state index in [2.05, 4.69) is 0 Å². The van der Waals surface area contributed by atoms with Crippen LogP contribution in [-0.2, 0) is 13.0 Å². The number of methoxy groups -OCH3 is 2. The fourth-order valence-corrected chi connectivity index (χ4v) is 3.84. The number of hydrogen-bond acceptors (Lipinski definition) is 4. The van der Waals surface area contributed by atoms with Gasteiger partial charge in [0.25, 0.3) is 5.91 Å². The summed E-state index contributed by atoms with van der Waals surface area (Å²) in [6.07, 6.45) is 2.40. The molecule has 1 aliphatic rings. The second-order valence-corrected chi connectivity index (χ2v) is 6.90. The number of aromatic nitrogens is 1. The van der Waals surface area contributed by atoms with Crippen molar-refractivity contribution in [1.82, 2.24) is 9.47 Å². The van der Waals surface area contributed by atoms with Crippen molar-refractivity contribution in [2.75, 3.05) is 20.8 Å². The van der Waals surface area contributed by atoms with Crippen molar-refractivity contribution in [3.05, 3.63) is 59.3 Å². The lowest BCUT2D eigenvalue weighted by molar-refractivity contribution is 0.0736. The minimum Gasteiger partial charge on any atom is -0.493 e. The molecule has 2 aromatic carbocycles. The lowest BCUT2D eigenvalue weighted by Gasteiger charge is -2.29. The van der Waals surface area contributed by atoms with E-state index < -0.39 is 0 Å². The van der Waals surface area contributed by atoms with Crippen LogP contribution in [0.4, 0.5) is 0 Å². The average Bonchev–Trinajstić information content (AvgIpc) is 3.11. The van der Waals surface area contributed by atoms with Crippen molar-refractivity contribution in [3.8, 4) is 11.5 Å². The van der Waals surface area contributed by atoms with Gasteiger partial charge in [-0.05, 0) is 35.7 Å². The fraction of sp³-hybridized carbons (Fsp3) is 0.273. The smallest absolute Gasteiger partial charge is 0.256 e. The molecule has 0 bridgehead atoms. The lowest BCUT2D eigenvalue weighted by Crippen LogP contribution is -2.36. The standard InChI is InChI=1S/C22H22N2O4/c1-14(25)24-13-18(17-6-4-5-7-19(17)24)22(26)23-9-8-15-10-20(27-2)21(28-3)11-16(15)12-23/h4-7,10-11,13H,8-9,12H2,1-3H3. The Bertz CT molecular complexity index is 1080. The first-order valence-electron chi connectivity index (χ1n) is 9.17. The maximum absolute atomic E-state index is 13.3. The van der Waals surface area contributed by atoms with Crippen molar-refractivity contribution in [3.63, 3.8) is 0 Å². The van der Waals surface area contributed by atoms with Gasteiger partial charge >= 0.3 is 0 Å². The maximum Gasteiger partial charge on any atom is 0.256 e. The summed E-state index contributed by atoms with van der Waals surface area (Å²) in [6, 6.07) is 11.4. The van der Waals surface area contributed by atoms with Crippen molar-refractivity contribution < 1.29 is 19.1 Å². The van der Waals surface area contributed by atoms with Crippen molar-refractivity contribution >= 4 is 22.7 Å². The first-order chi connectivity index (χ1) is 13.5. The molecule has 0 spiro atoms. The quantitative estimate of drug-likeness (QED) is 0.700. The van der Waals surface area contributed by atoms with Crippen LogP contribution >= 0.6 is 0 Å². The Kier molecular flexibility index (Phi) is 4.55. The van der Waals surface area contributed by atoms with Gasteiger partial charge in [-0.3, -0.25) is 14.2 Å². The monoisotopic (exact) mass is 378 g/mol. The first kappa shape index (κ1) is 18.1. The van der Waals surface area contributed by atoms with E-state index in [4.69, 9.17) is 9.47 Å². The number of hydrogen-bond donors (Lipinski definition) is 0. The molecule has 0 radical (unpaired) electrons. The van der Waals surface area contributed by atoms with Gasteiger partial charge in [0.15, 0.2) is 11.5 Å². The predicted molar refractivity (Wildman–Crippen MR) is 106 cm³/mol. The van der Waals surface area contributed by atoms with E-state index in [1.807, 2.05) is 41.3 Å². The molecule has 0 fully saturated rings. The number of ether oxygens (including phenoxy) is 2. The molecule has 0 aliphatic carbocycles. The number of nitrogens with zero attached hydrogens (tertiary/aromatic N) is 2. The van der Waals surface area contributed by atoms with E-state index in [0.717, 1.165) is 28.5 Å². The van der Waals surface area contributed by atoms with Crippen LogP contribution in [0.5, 0.6) is 11.5 Å². The lowest BCUT2D eigenvalue weighted by atomic mass is 9.98. The van der Waals surface area contributed by atoms with Gasteiger partial charge in [0.05, 0.1) is 25.3 Å². The van der Waals surface area contributed by atoms with E-state index in [1.54, 1.807) is 20.4 Å². The van der Waals surface area contributed by atoms with Crippen LogP contribution in [0.25, 0.3) is 10.9 Å². The highest BCUT2D eigenvalue weighted by Gasteiger charge is 2.26. The Morgan fingerprint density at radius 2 is 1.68 bits per heavy atom. The molecular weight excluding hydrogens is 356 g/mol. The summed E-state index contributed by atoms with van der Waals surface area (Å²) in [5.41, 5.74) is 3.51. The highest BCUT2D eigenvalue weighted by molar-refractivity contribution is 6.09. The molecule has 1 aromatic heterocycles. The van der Waals surface area contributed by atoms with Crippen molar-refractivity contribution in [2.45, 2.75) is 19.9 Å². The summed E-state index contributed by atoms with van der Waals surface area (Å²) in [4.78, 5) is 27.1. The molecule has 0 saturated carbocycles. The van der Waals surface area contributed by atoms with Gasteiger partial charge in [0.1, 0.15) is 0 Å². The predicted octanol–water partition coefficient (Wildman–Crippen LogP) is 3.52. The van der Waals surface area contributed by atoms with Gasteiger partial charge in [-0.1, -0.05) is 18.2 Å². The van der Waals surface area contributed by atoms with Crippen LogP contribution in [0.3, 0.4) is 0 Å². The molecule has 4 rings (SSSR count). The molecule has 3 aromatic rings.